The Bertz CT molecular complexity index is 643. The van der Waals surface area contributed by atoms with E-state index < -0.39 is 0 Å². The van der Waals surface area contributed by atoms with E-state index in [4.69, 9.17) is 5.73 Å². The average Bonchev–Trinajstić information content (AvgIpc) is 2.81. The SMILES string of the molecule is I.NC(=NCc1nccc2ccccc12)NC1CCCCCC1. The van der Waals surface area contributed by atoms with E-state index in [1.54, 1.807) is 0 Å². The number of fused-ring (bicyclic) bond motifs is 1. The molecule has 0 spiro atoms. The summed E-state index contributed by atoms with van der Waals surface area (Å²) in [6.45, 7) is 0.521. The number of guanidine groups is 1. The molecule has 0 bridgehead atoms. The lowest BCUT2D eigenvalue weighted by Crippen LogP contribution is -2.39. The maximum atomic E-state index is 6.06. The van der Waals surface area contributed by atoms with Gasteiger partial charge in [-0.2, -0.15) is 0 Å². The minimum Gasteiger partial charge on any atom is -0.370 e. The van der Waals surface area contributed by atoms with Gasteiger partial charge in [0.1, 0.15) is 0 Å². The number of pyridine rings is 1. The number of nitrogens with zero attached hydrogens (tertiary/aromatic N) is 2. The molecule has 3 N–H and O–H groups in total. The second kappa shape index (κ2) is 9.05. The van der Waals surface area contributed by atoms with E-state index >= 15 is 0 Å². The normalized spacial score (nSPS) is 16.6. The molecule has 0 amide bonds. The average molecular weight is 424 g/mol. The van der Waals surface area contributed by atoms with Gasteiger partial charge in [0.25, 0.3) is 0 Å². The Labute approximate surface area is 155 Å². The molecular formula is C18H25IN4. The largest absolute Gasteiger partial charge is 0.370 e. The molecule has 0 radical (unpaired) electrons. The summed E-state index contributed by atoms with van der Waals surface area (Å²) in [7, 11) is 0. The summed E-state index contributed by atoms with van der Waals surface area (Å²) in [5.41, 5.74) is 7.03. The summed E-state index contributed by atoms with van der Waals surface area (Å²) in [4.78, 5) is 8.94. The van der Waals surface area contributed by atoms with Crippen LogP contribution < -0.4 is 11.1 Å². The number of aliphatic imine (C=N–C) groups is 1. The third-order valence-corrected chi connectivity index (χ3v) is 4.36. The molecule has 4 nitrogen and oxygen atoms in total. The molecule has 1 aromatic heterocycles. The maximum Gasteiger partial charge on any atom is 0.189 e. The molecule has 5 heteroatoms. The number of hydrogen-bond donors (Lipinski definition) is 2. The van der Waals surface area contributed by atoms with E-state index in [1.807, 2.05) is 24.4 Å². The smallest absolute Gasteiger partial charge is 0.189 e. The van der Waals surface area contributed by atoms with Crippen LogP contribution in [0.15, 0.2) is 41.5 Å². The number of aromatic nitrogens is 1. The van der Waals surface area contributed by atoms with Crippen molar-refractivity contribution in [1.82, 2.24) is 10.3 Å². The maximum absolute atomic E-state index is 6.06. The Morgan fingerprint density at radius 2 is 1.87 bits per heavy atom. The van der Waals surface area contributed by atoms with Crippen LogP contribution in [0.4, 0.5) is 0 Å². The fourth-order valence-corrected chi connectivity index (χ4v) is 3.15. The number of benzene rings is 1. The monoisotopic (exact) mass is 424 g/mol. The van der Waals surface area contributed by atoms with Gasteiger partial charge in [-0.3, -0.25) is 4.98 Å². The van der Waals surface area contributed by atoms with Crippen molar-refractivity contribution in [1.29, 1.82) is 0 Å². The number of nitrogens with two attached hydrogens (primary N) is 1. The lowest BCUT2D eigenvalue weighted by atomic mass is 10.1. The van der Waals surface area contributed by atoms with E-state index in [0.717, 1.165) is 11.1 Å². The predicted octanol–water partition coefficient (Wildman–Crippen LogP) is 3.98. The van der Waals surface area contributed by atoms with Crippen molar-refractivity contribution in [2.45, 2.75) is 51.1 Å². The van der Waals surface area contributed by atoms with E-state index in [0.29, 0.717) is 18.5 Å². The predicted molar refractivity (Wildman–Crippen MR) is 107 cm³/mol. The van der Waals surface area contributed by atoms with Crippen molar-refractivity contribution in [3.05, 3.63) is 42.2 Å². The highest BCUT2D eigenvalue weighted by Crippen LogP contribution is 2.18. The van der Waals surface area contributed by atoms with Crippen LogP contribution in [0, 0.1) is 0 Å². The first-order chi connectivity index (χ1) is 10.8. The van der Waals surface area contributed by atoms with Crippen LogP contribution in [0.2, 0.25) is 0 Å². The van der Waals surface area contributed by atoms with Crippen molar-refractivity contribution in [2.75, 3.05) is 0 Å². The van der Waals surface area contributed by atoms with Crippen molar-refractivity contribution in [2.24, 2.45) is 10.7 Å². The second-order valence-electron chi connectivity index (χ2n) is 6.01. The van der Waals surface area contributed by atoms with E-state index in [1.165, 1.54) is 43.9 Å². The van der Waals surface area contributed by atoms with Gasteiger partial charge in [0.15, 0.2) is 5.96 Å². The first kappa shape index (κ1) is 18.0. The molecule has 1 fully saturated rings. The molecule has 0 aliphatic heterocycles. The van der Waals surface area contributed by atoms with Crippen LogP contribution in [0.1, 0.15) is 44.2 Å². The number of rotatable bonds is 3. The highest BCUT2D eigenvalue weighted by Gasteiger charge is 2.12. The first-order valence-corrected chi connectivity index (χ1v) is 8.22. The van der Waals surface area contributed by atoms with Crippen LogP contribution in [-0.2, 0) is 6.54 Å². The van der Waals surface area contributed by atoms with Gasteiger partial charge in [0.05, 0.1) is 12.2 Å². The van der Waals surface area contributed by atoms with Crippen molar-refractivity contribution >= 4 is 40.7 Å². The third kappa shape index (κ3) is 5.06. The van der Waals surface area contributed by atoms with Crippen molar-refractivity contribution < 1.29 is 0 Å². The summed E-state index contributed by atoms with van der Waals surface area (Å²) in [6, 6.07) is 10.8. The summed E-state index contributed by atoms with van der Waals surface area (Å²) in [6.07, 6.45) is 9.49. The van der Waals surface area contributed by atoms with Crippen LogP contribution in [0.5, 0.6) is 0 Å². The fraction of sp³-hybridized carbons (Fsp3) is 0.444. The zero-order valence-electron chi connectivity index (χ0n) is 13.4. The molecule has 1 saturated carbocycles. The zero-order valence-corrected chi connectivity index (χ0v) is 15.7. The molecule has 1 heterocycles. The first-order valence-electron chi connectivity index (χ1n) is 8.22. The van der Waals surface area contributed by atoms with Gasteiger partial charge in [-0.25, -0.2) is 4.99 Å². The molecule has 23 heavy (non-hydrogen) atoms. The Hall–Kier alpha value is -1.37. The molecule has 3 rings (SSSR count). The number of hydrogen-bond acceptors (Lipinski definition) is 2. The number of halogens is 1. The van der Waals surface area contributed by atoms with Gasteiger partial charge in [0.2, 0.25) is 0 Å². The summed E-state index contributed by atoms with van der Waals surface area (Å²) < 4.78 is 0. The van der Waals surface area contributed by atoms with Gasteiger partial charge >= 0.3 is 0 Å². The summed E-state index contributed by atoms with van der Waals surface area (Å²) in [5, 5.41) is 5.72. The van der Waals surface area contributed by atoms with Crippen LogP contribution in [-0.4, -0.2) is 17.0 Å². The quantitative estimate of drug-likeness (QED) is 0.339. The lowest BCUT2D eigenvalue weighted by Gasteiger charge is -2.16. The van der Waals surface area contributed by atoms with Crippen LogP contribution in [0.3, 0.4) is 0 Å². The summed E-state index contributed by atoms with van der Waals surface area (Å²) in [5.74, 6) is 0.543. The molecule has 2 aromatic rings. The van der Waals surface area contributed by atoms with E-state index in [2.05, 4.69) is 27.4 Å². The Morgan fingerprint density at radius 3 is 2.65 bits per heavy atom. The fourth-order valence-electron chi connectivity index (χ4n) is 3.15. The van der Waals surface area contributed by atoms with Crippen LogP contribution in [0.25, 0.3) is 10.8 Å². The van der Waals surface area contributed by atoms with Gasteiger partial charge in [-0.15, -0.1) is 24.0 Å². The summed E-state index contributed by atoms with van der Waals surface area (Å²) >= 11 is 0. The number of nitrogens with one attached hydrogen (secondary N) is 1. The van der Waals surface area contributed by atoms with Gasteiger partial charge in [0, 0.05) is 17.6 Å². The Balaban J connectivity index is 0.00000192. The second-order valence-corrected chi connectivity index (χ2v) is 6.01. The Morgan fingerprint density at radius 1 is 1.13 bits per heavy atom. The van der Waals surface area contributed by atoms with Crippen molar-refractivity contribution in [3.63, 3.8) is 0 Å². The highest BCUT2D eigenvalue weighted by atomic mass is 127. The minimum absolute atomic E-state index is 0. The van der Waals surface area contributed by atoms with Gasteiger partial charge in [-0.1, -0.05) is 49.9 Å². The molecule has 0 saturated heterocycles. The molecule has 1 aliphatic rings. The zero-order chi connectivity index (χ0) is 15.2. The van der Waals surface area contributed by atoms with Gasteiger partial charge < -0.3 is 11.1 Å². The molecule has 1 aliphatic carbocycles. The standard InChI is InChI=1S/C18H24N4.HI/c19-18(22-15-8-3-1-2-4-9-15)21-13-17-16-10-6-5-7-14(16)11-12-20-17;/h5-7,10-12,15H,1-4,8-9,13H2,(H3,19,21,22);1H. The van der Waals surface area contributed by atoms with Crippen molar-refractivity contribution in [3.8, 4) is 0 Å². The minimum atomic E-state index is 0. The molecule has 124 valence electrons. The Kier molecular flexibility index (Phi) is 7.08. The molecular weight excluding hydrogens is 399 g/mol. The van der Waals surface area contributed by atoms with E-state index in [9.17, 15) is 0 Å². The van der Waals surface area contributed by atoms with E-state index in [-0.39, 0.29) is 24.0 Å². The topological polar surface area (TPSA) is 63.3 Å². The molecule has 0 unspecified atom stereocenters. The lowest BCUT2D eigenvalue weighted by molar-refractivity contribution is 0.530. The highest BCUT2D eigenvalue weighted by molar-refractivity contribution is 14.0. The molecule has 0 atom stereocenters. The van der Waals surface area contributed by atoms with Gasteiger partial charge in [-0.05, 0) is 24.3 Å². The third-order valence-electron chi connectivity index (χ3n) is 4.36. The van der Waals surface area contributed by atoms with Crippen LogP contribution >= 0.6 is 24.0 Å². The molecule has 1 aromatic carbocycles.